The molecular formula is C24H28N2O3. The number of hydrogen-bond donors (Lipinski definition) is 0. The molecule has 5 heteroatoms. The molecule has 0 saturated carbocycles. The van der Waals surface area contributed by atoms with E-state index in [0.717, 1.165) is 46.4 Å². The van der Waals surface area contributed by atoms with Crippen molar-refractivity contribution in [3.05, 3.63) is 64.8 Å². The molecule has 1 amide bonds. The topological polar surface area (TPSA) is 43.7 Å². The molecule has 2 heterocycles. The van der Waals surface area contributed by atoms with Crippen LogP contribution in [0, 0.1) is 6.92 Å². The standard InChI is InChI=1S/C24H28N2O3/c1-16-13-19-14-18(9-10-22(19)29-16)15-25(3)24(27)23-17(2)26(11-12-28-4)21-8-6-5-7-20(21)23/h5-10,14,16H,11-13,15H2,1-4H3/t16-/m0/s1. The van der Waals surface area contributed by atoms with Crippen LogP contribution in [0.1, 0.15) is 34.1 Å². The molecule has 0 unspecified atom stereocenters. The highest BCUT2D eigenvalue weighted by molar-refractivity contribution is 6.08. The van der Waals surface area contributed by atoms with E-state index in [9.17, 15) is 4.79 Å². The van der Waals surface area contributed by atoms with E-state index in [1.807, 2.05) is 38.2 Å². The van der Waals surface area contributed by atoms with Gasteiger partial charge in [0.25, 0.3) is 5.91 Å². The van der Waals surface area contributed by atoms with Gasteiger partial charge in [0.15, 0.2) is 0 Å². The predicted molar refractivity (Wildman–Crippen MR) is 115 cm³/mol. The van der Waals surface area contributed by atoms with E-state index in [0.29, 0.717) is 13.2 Å². The van der Waals surface area contributed by atoms with Crippen molar-refractivity contribution in [3.63, 3.8) is 0 Å². The molecule has 29 heavy (non-hydrogen) atoms. The van der Waals surface area contributed by atoms with Gasteiger partial charge < -0.3 is 18.9 Å². The number of para-hydroxylation sites is 1. The molecule has 2 aromatic carbocycles. The second-order valence-electron chi connectivity index (χ2n) is 7.86. The van der Waals surface area contributed by atoms with Crippen molar-refractivity contribution in [2.45, 2.75) is 39.5 Å². The van der Waals surface area contributed by atoms with E-state index >= 15 is 0 Å². The van der Waals surface area contributed by atoms with E-state index in [2.05, 4.69) is 29.7 Å². The second-order valence-corrected chi connectivity index (χ2v) is 7.86. The van der Waals surface area contributed by atoms with E-state index in [-0.39, 0.29) is 12.0 Å². The minimum atomic E-state index is 0.0417. The van der Waals surface area contributed by atoms with Crippen molar-refractivity contribution in [2.75, 3.05) is 20.8 Å². The zero-order chi connectivity index (χ0) is 20.5. The Labute approximate surface area is 171 Å². The fourth-order valence-corrected chi connectivity index (χ4v) is 4.28. The van der Waals surface area contributed by atoms with Crippen LogP contribution in [-0.2, 0) is 24.2 Å². The van der Waals surface area contributed by atoms with Crippen molar-refractivity contribution in [2.24, 2.45) is 0 Å². The molecular weight excluding hydrogens is 364 g/mol. The highest BCUT2D eigenvalue weighted by atomic mass is 16.5. The molecule has 0 aliphatic carbocycles. The molecule has 152 valence electrons. The minimum absolute atomic E-state index is 0.0417. The summed E-state index contributed by atoms with van der Waals surface area (Å²) in [5.41, 5.74) is 5.18. The number of carbonyl (C=O) groups excluding carboxylic acids is 1. The number of carbonyl (C=O) groups is 1. The Kier molecular flexibility index (Phi) is 5.33. The molecule has 1 aliphatic rings. The van der Waals surface area contributed by atoms with Crippen LogP contribution in [-0.4, -0.2) is 42.2 Å². The first-order chi connectivity index (χ1) is 14.0. The Morgan fingerprint density at radius 2 is 2.07 bits per heavy atom. The Hall–Kier alpha value is -2.79. The fraction of sp³-hybridized carbons (Fsp3) is 0.375. The maximum absolute atomic E-state index is 13.4. The summed E-state index contributed by atoms with van der Waals surface area (Å²) >= 11 is 0. The van der Waals surface area contributed by atoms with Crippen LogP contribution in [0.5, 0.6) is 5.75 Å². The quantitative estimate of drug-likeness (QED) is 0.632. The third-order valence-electron chi connectivity index (χ3n) is 5.69. The third kappa shape index (κ3) is 3.62. The maximum Gasteiger partial charge on any atom is 0.256 e. The molecule has 4 rings (SSSR count). The second kappa shape index (κ2) is 7.91. The molecule has 1 atom stereocenters. The summed E-state index contributed by atoms with van der Waals surface area (Å²) in [5.74, 6) is 1.01. The van der Waals surface area contributed by atoms with Crippen LogP contribution in [0.25, 0.3) is 10.9 Å². The van der Waals surface area contributed by atoms with Gasteiger partial charge in [-0.1, -0.05) is 30.3 Å². The Morgan fingerprint density at radius 1 is 1.28 bits per heavy atom. The Bertz CT molecular complexity index is 1050. The molecule has 0 fully saturated rings. The van der Waals surface area contributed by atoms with Gasteiger partial charge in [0.2, 0.25) is 0 Å². The molecule has 0 spiro atoms. The van der Waals surface area contributed by atoms with Crippen LogP contribution < -0.4 is 4.74 Å². The first-order valence-corrected chi connectivity index (χ1v) is 10.1. The predicted octanol–water partition coefficient (Wildman–Crippen LogP) is 4.19. The zero-order valence-corrected chi connectivity index (χ0v) is 17.6. The number of amides is 1. The van der Waals surface area contributed by atoms with E-state index in [1.54, 1.807) is 12.0 Å². The van der Waals surface area contributed by atoms with Crippen LogP contribution in [0.15, 0.2) is 42.5 Å². The molecule has 0 N–H and O–H groups in total. The lowest BCUT2D eigenvalue weighted by atomic mass is 10.1. The number of ether oxygens (including phenoxy) is 2. The number of fused-ring (bicyclic) bond motifs is 2. The van der Waals surface area contributed by atoms with Gasteiger partial charge in [-0.3, -0.25) is 4.79 Å². The monoisotopic (exact) mass is 392 g/mol. The highest BCUT2D eigenvalue weighted by Gasteiger charge is 2.23. The number of benzene rings is 2. The van der Waals surface area contributed by atoms with E-state index in [4.69, 9.17) is 9.47 Å². The third-order valence-corrected chi connectivity index (χ3v) is 5.69. The van der Waals surface area contributed by atoms with E-state index in [1.165, 1.54) is 5.56 Å². The summed E-state index contributed by atoms with van der Waals surface area (Å²) in [6, 6.07) is 14.3. The number of hydrogen-bond acceptors (Lipinski definition) is 3. The molecule has 3 aromatic rings. The van der Waals surface area contributed by atoms with Gasteiger partial charge in [-0.05, 0) is 37.1 Å². The molecule has 0 saturated heterocycles. The van der Waals surface area contributed by atoms with Gasteiger partial charge in [0, 0.05) is 50.3 Å². The zero-order valence-electron chi connectivity index (χ0n) is 17.6. The summed E-state index contributed by atoms with van der Waals surface area (Å²) in [7, 11) is 3.57. The van der Waals surface area contributed by atoms with Crippen LogP contribution in [0.4, 0.5) is 0 Å². The summed E-state index contributed by atoms with van der Waals surface area (Å²) in [6.07, 6.45) is 1.15. The first kappa shape index (κ1) is 19.5. The van der Waals surface area contributed by atoms with Gasteiger partial charge in [0.1, 0.15) is 11.9 Å². The minimum Gasteiger partial charge on any atom is -0.490 e. The summed E-state index contributed by atoms with van der Waals surface area (Å²) in [5, 5.41) is 0.995. The average molecular weight is 392 g/mol. The summed E-state index contributed by atoms with van der Waals surface area (Å²) in [4.78, 5) is 15.2. The highest BCUT2D eigenvalue weighted by Crippen LogP contribution is 2.30. The lowest BCUT2D eigenvalue weighted by molar-refractivity contribution is 0.0785. The van der Waals surface area contributed by atoms with Crippen LogP contribution in [0.3, 0.4) is 0 Å². The van der Waals surface area contributed by atoms with Crippen molar-refractivity contribution in [1.29, 1.82) is 0 Å². The number of aromatic nitrogens is 1. The lowest BCUT2D eigenvalue weighted by Gasteiger charge is -2.18. The normalized spacial score (nSPS) is 15.4. The van der Waals surface area contributed by atoms with Crippen molar-refractivity contribution in [1.82, 2.24) is 9.47 Å². The smallest absolute Gasteiger partial charge is 0.256 e. The van der Waals surface area contributed by atoms with Crippen molar-refractivity contribution in [3.8, 4) is 5.75 Å². The van der Waals surface area contributed by atoms with Gasteiger partial charge in [-0.15, -0.1) is 0 Å². The molecule has 1 aliphatic heterocycles. The van der Waals surface area contributed by atoms with Crippen molar-refractivity contribution >= 4 is 16.8 Å². The maximum atomic E-state index is 13.4. The average Bonchev–Trinajstić information content (AvgIpc) is 3.21. The summed E-state index contributed by atoms with van der Waals surface area (Å²) < 4.78 is 13.2. The van der Waals surface area contributed by atoms with Crippen LogP contribution in [0.2, 0.25) is 0 Å². The van der Waals surface area contributed by atoms with Crippen molar-refractivity contribution < 1.29 is 14.3 Å². The largest absolute Gasteiger partial charge is 0.490 e. The number of rotatable bonds is 6. The van der Waals surface area contributed by atoms with E-state index < -0.39 is 0 Å². The SMILES string of the molecule is COCCn1c(C)c(C(=O)N(C)Cc2ccc3c(c2)C[C@H](C)O3)c2ccccc21. The molecule has 0 bridgehead atoms. The lowest BCUT2D eigenvalue weighted by Crippen LogP contribution is -2.27. The fourth-order valence-electron chi connectivity index (χ4n) is 4.28. The molecule has 5 nitrogen and oxygen atoms in total. The van der Waals surface area contributed by atoms with Crippen LogP contribution >= 0.6 is 0 Å². The van der Waals surface area contributed by atoms with Gasteiger partial charge in [-0.25, -0.2) is 0 Å². The number of nitrogens with zero attached hydrogens (tertiary/aromatic N) is 2. The Balaban J connectivity index is 1.62. The molecule has 0 radical (unpaired) electrons. The summed E-state index contributed by atoms with van der Waals surface area (Å²) in [6.45, 7) is 6.00. The van der Waals surface area contributed by atoms with Gasteiger partial charge in [-0.2, -0.15) is 0 Å². The van der Waals surface area contributed by atoms with Gasteiger partial charge >= 0.3 is 0 Å². The molecule has 1 aromatic heterocycles. The number of methoxy groups -OCH3 is 1. The first-order valence-electron chi connectivity index (χ1n) is 10.1. The Morgan fingerprint density at radius 3 is 2.86 bits per heavy atom. The van der Waals surface area contributed by atoms with Gasteiger partial charge in [0.05, 0.1) is 12.2 Å².